The molecule has 0 spiro atoms. The molecule has 0 radical (unpaired) electrons. The lowest BCUT2D eigenvalue weighted by Gasteiger charge is -2.18. The van der Waals surface area contributed by atoms with Gasteiger partial charge in [0, 0.05) is 12.5 Å². The Hall–Kier alpha value is -0.860. The highest BCUT2D eigenvalue weighted by atomic mass is 16.5. The average Bonchev–Trinajstić information content (AvgIpc) is 2.26. The van der Waals surface area contributed by atoms with Gasteiger partial charge in [0.2, 0.25) is 0 Å². The van der Waals surface area contributed by atoms with Crippen molar-refractivity contribution in [1.82, 2.24) is 0 Å². The molecule has 2 nitrogen and oxygen atoms in total. The van der Waals surface area contributed by atoms with Gasteiger partial charge in [-0.15, -0.1) is 0 Å². The molecule has 0 bridgehead atoms. The monoisotopic (exact) mass is 194 g/mol. The maximum absolute atomic E-state index is 8.92. The predicted molar refractivity (Wildman–Crippen MR) is 56.9 cm³/mol. The first kappa shape index (κ1) is 11.2. The second-order valence-electron chi connectivity index (χ2n) is 3.66. The van der Waals surface area contributed by atoms with Crippen molar-refractivity contribution in [2.45, 2.75) is 26.6 Å². The quantitative estimate of drug-likeness (QED) is 0.778. The molecule has 1 N–H and O–H groups in total. The Morgan fingerprint density at radius 2 is 1.86 bits per heavy atom. The van der Waals surface area contributed by atoms with Gasteiger partial charge in [-0.2, -0.15) is 0 Å². The second-order valence-corrected chi connectivity index (χ2v) is 3.66. The summed E-state index contributed by atoms with van der Waals surface area (Å²) in [5.74, 6) is 0.193. The number of aliphatic hydroxyl groups is 1. The molecule has 0 aliphatic heterocycles. The molecule has 1 aromatic rings. The fourth-order valence-electron chi connectivity index (χ4n) is 1.11. The summed E-state index contributed by atoms with van der Waals surface area (Å²) in [6.07, 6.45) is 0.0974. The van der Waals surface area contributed by atoms with Crippen molar-refractivity contribution in [2.24, 2.45) is 5.92 Å². The van der Waals surface area contributed by atoms with Gasteiger partial charge >= 0.3 is 0 Å². The summed E-state index contributed by atoms with van der Waals surface area (Å²) in [4.78, 5) is 0. The highest BCUT2D eigenvalue weighted by Gasteiger charge is 2.10. The smallest absolute Gasteiger partial charge is 0.0720 e. The van der Waals surface area contributed by atoms with E-state index in [1.54, 1.807) is 0 Å². The number of aliphatic hydroxyl groups excluding tert-OH is 1. The van der Waals surface area contributed by atoms with E-state index in [-0.39, 0.29) is 18.6 Å². The molecule has 0 aromatic heterocycles. The van der Waals surface area contributed by atoms with Gasteiger partial charge in [0.25, 0.3) is 0 Å². The van der Waals surface area contributed by atoms with Gasteiger partial charge in [-0.3, -0.25) is 0 Å². The molecular formula is C12H18O2. The number of hydrogen-bond donors (Lipinski definition) is 1. The van der Waals surface area contributed by atoms with E-state index in [0.717, 1.165) is 0 Å². The molecule has 14 heavy (non-hydrogen) atoms. The van der Waals surface area contributed by atoms with Crippen LogP contribution < -0.4 is 0 Å². The Balaban J connectivity index is 2.34. The predicted octanol–water partition coefficient (Wildman–Crippen LogP) is 2.22. The molecule has 2 atom stereocenters. The maximum atomic E-state index is 8.92. The molecule has 78 valence electrons. The lowest BCUT2D eigenvalue weighted by atomic mass is 10.1. The van der Waals surface area contributed by atoms with E-state index < -0.39 is 0 Å². The first-order chi connectivity index (χ1) is 6.74. The first-order valence-corrected chi connectivity index (χ1v) is 5.00. The van der Waals surface area contributed by atoms with Crippen molar-refractivity contribution in [3.05, 3.63) is 35.9 Å². The number of hydrogen-bond acceptors (Lipinski definition) is 2. The van der Waals surface area contributed by atoms with Crippen LogP contribution in [0, 0.1) is 5.92 Å². The lowest BCUT2D eigenvalue weighted by Crippen LogP contribution is -2.20. The third-order valence-corrected chi connectivity index (χ3v) is 2.45. The molecule has 2 heteroatoms. The van der Waals surface area contributed by atoms with Gasteiger partial charge in [0.15, 0.2) is 0 Å². The summed E-state index contributed by atoms with van der Waals surface area (Å²) in [5.41, 5.74) is 1.17. The Morgan fingerprint density at radius 3 is 2.43 bits per heavy atom. The van der Waals surface area contributed by atoms with Crippen molar-refractivity contribution in [1.29, 1.82) is 0 Å². The SMILES string of the molecule is C[C@H](CO)[C@@H](C)OCc1ccccc1. The van der Waals surface area contributed by atoms with Gasteiger partial charge in [-0.1, -0.05) is 37.3 Å². The minimum absolute atomic E-state index is 0.0974. The largest absolute Gasteiger partial charge is 0.396 e. The van der Waals surface area contributed by atoms with Crippen LogP contribution >= 0.6 is 0 Å². The molecule has 0 amide bonds. The second kappa shape index (κ2) is 5.78. The molecule has 1 rings (SSSR count). The molecule has 0 unspecified atom stereocenters. The summed E-state index contributed by atoms with van der Waals surface area (Å²) < 4.78 is 5.62. The molecular weight excluding hydrogens is 176 g/mol. The molecule has 1 aromatic carbocycles. The van der Waals surface area contributed by atoms with Crippen LogP contribution in [0.4, 0.5) is 0 Å². The Kier molecular flexibility index (Phi) is 4.63. The van der Waals surface area contributed by atoms with E-state index in [4.69, 9.17) is 9.84 Å². The maximum Gasteiger partial charge on any atom is 0.0720 e. The Morgan fingerprint density at radius 1 is 1.21 bits per heavy atom. The first-order valence-electron chi connectivity index (χ1n) is 5.00. The molecule has 0 heterocycles. The summed E-state index contributed by atoms with van der Waals surface area (Å²) in [6.45, 7) is 4.77. The standard InChI is InChI=1S/C12H18O2/c1-10(8-13)11(2)14-9-12-6-4-3-5-7-12/h3-7,10-11,13H,8-9H2,1-2H3/t10-,11-/m1/s1. The van der Waals surface area contributed by atoms with Crippen LogP contribution in [-0.2, 0) is 11.3 Å². The minimum atomic E-state index is 0.0974. The van der Waals surface area contributed by atoms with E-state index in [9.17, 15) is 0 Å². The third kappa shape index (κ3) is 3.48. The van der Waals surface area contributed by atoms with E-state index in [0.29, 0.717) is 6.61 Å². The molecule has 0 saturated heterocycles. The van der Waals surface area contributed by atoms with Crippen molar-refractivity contribution >= 4 is 0 Å². The van der Waals surface area contributed by atoms with Gasteiger partial charge < -0.3 is 9.84 Å². The van der Waals surface area contributed by atoms with Crippen molar-refractivity contribution in [3.63, 3.8) is 0 Å². The van der Waals surface area contributed by atoms with Gasteiger partial charge in [0.05, 0.1) is 12.7 Å². The van der Waals surface area contributed by atoms with E-state index in [1.807, 2.05) is 44.2 Å². The minimum Gasteiger partial charge on any atom is -0.396 e. The summed E-state index contributed by atoms with van der Waals surface area (Å²) in [5, 5.41) is 8.92. The molecule has 0 fully saturated rings. The van der Waals surface area contributed by atoms with Gasteiger partial charge in [-0.05, 0) is 12.5 Å². The average molecular weight is 194 g/mol. The summed E-state index contributed by atoms with van der Waals surface area (Å²) >= 11 is 0. The van der Waals surface area contributed by atoms with Crippen LogP contribution in [0.15, 0.2) is 30.3 Å². The Labute approximate surface area is 85.5 Å². The zero-order chi connectivity index (χ0) is 10.4. The third-order valence-electron chi connectivity index (χ3n) is 2.45. The number of rotatable bonds is 5. The highest BCUT2D eigenvalue weighted by molar-refractivity contribution is 5.13. The molecule has 0 aliphatic rings. The van der Waals surface area contributed by atoms with Crippen LogP contribution in [0.25, 0.3) is 0 Å². The van der Waals surface area contributed by atoms with E-state index >= 15 is 0 Å². The molecule has 0 saturated carbocycles. The lowest BCUT2D eigenvalue weighted by molar-refractivity contribution is 0.00153. The van der Waals surface area contributed by atoms with Crippen molar-refractivity contribution < 1.29 is 9.84 Å². The van der Waals surface area contributed by atoms with Crippen LogP contribution in [-0.4, -0.2) is 17.8 Å². The zero-order valence-electron chi connectivity index (χ0n) is 8.81. The Bertz CT molecular complexity index is 246. The van der Waals surface area contributed by atoms with Crippen molar-refractivity contribution in [3.8, 4) is 0 Å². The number of ether oxygens (including phenoxy) is 1. The van der Waals surface area contributed by atoms with Crippen LogP contribution in [0.1, 0.15) is 19.4 Å². The fourth-order valence-corrected chi connectivity index (χ4v) is 1.11. The van der Waals surface area contributed by atoms with E-state index in [2.05, 4.69) is 0 Å². The van der Waals surface area contributed by atoms with Gasteiger partial charge in [-0.25, -0.2) is 0 Å². The summed E-state index contributed by atoms with van der Waals surface area (Å²) in [6, 6.07) is 10.1. The number of benzene rings is 1. The normalized spacial score (nSPS) is 15.1. The van der Waals surface area contributed by atoms with Crippen LogP contribution in [0.3, 0.4) is 0 Å². The van der Waals surface area contributed by atoms with Gasteiger partial charge in [0.1, 0.15) is 0 Å². The van der Waals surface area contributed by atoms with E-state index in [1.165, 1.54) is 5.56 Å². The highest BCUT2D eigenvalue weighted by Crippen LogP contribution is 2.09. The zero-order valence-corrected chi connectivity index (χ0v) is 8.81. The van der Waals surface area contributed by atoms with Crippen LogP contribution in [0.2, 0.25) is 0 Å². The fraction of sp³-hybridized carbons (Fsp3) is 0.500. The van der Waals surface area contributed by atoms with Crippen LogP contribution in [0.5, 0.6) is 0 Å². The molecule has 0 aliphatic carbocycles. The van der Waals surface area contributed by atoms with Crippen molar-refractivity contribution in [2.75, 3.05) is 6.61 Å². The summed E-state index contributed by atoms with van der Waals surface area (Å²) in [7, 11) is 0. The topological polar surface area (TPSA) is 29.5 Å².